The molecule has 0 fully saturated rings. The molecular weight excluding hydrogens is 1170 g/mol. The van der Waals surface area contributed by atoms with E-state index in [0.29, 0.717) is 22.6 Å². The standard InChI is InChI=1S/2C14H18NO5.C5H10O3.2Rf/c2*1-18-7-12(16)8-19-9-13(17)10-20-14-5-3-2-4-11(14)6-15;1-7-3-5(6)4-8-2;;/h2*2-5,12-13,16-17H,1,7-10H2;5-6H,1-4H2;;/q2*-1;-2;;. The fraction of sp³-hybridized carbons (Fsp3) is 0.455. The predicted molar refractivity (Wildman–Crippen MR) is 170 cm³/mol. The van der Waals surface area contributed by atoms with Crippen molar-refractivity contribution < 1.29 is 63.4 Å². The van der Waals surface area contributed by atoms with Crippen LogP contribution in [-0.4, -0.2) is 122 Å². The Morgan fingerprint density at radius 2 is 0.720 bits per heavy atom. The SMILES string of the molecule is [CH2-]OCC(O)COCC(O)COc1ccccc1C#N.[CH2-]OCC(O)COCC(O)COc1ccccc1C#N.[CH2-]OCC(O)CO[CH2-].[Rf].[Rf]. The van der Waals surface area contributed by atoms with E-state index in [2.05, 4.69) is 47.4 Å². The van der Waals surface area contributed by atoms with Crippen LogP contribution in [-0.2, 0) is 28.4 Å². The molecule has 0 spiro atoms. The third kappa shape index (κ3) is 24.7. The number of aliphatic hydroxyl groups is 5. The van der Waals surface area contributed by atoms with E-state index in [1.54, 1.807) is 48.5 Å². The first-order valence-corrected chi connectivity index (χ1v) is 14.4. The Hall–Kier alpha value is -5.42. The third-order valence-electron chi connectivity index (χ3n) is 5.36. The molecule has 2 rings (SSSR count). The Labute approximate surface area is 282 Å². The number of hydrogen-bond donors (Lipinski definition) is 5. The van der Waals surface area contributed by atoms with Crippen LogP contribution in [0, 0.1) is 51.1 Å². The van der Waals surface area contributed by atoms with Crippen molar-refractivity contribution in [1.29, 1.82) is 10.5 Å². The van der Waals surface area contributed by atoms with Crippen molar-refractivity contribution in [1.82, 2.24) is 0 Å². The van der Waals surface area contributed by atoms with E-state index in [1.165, 1.54) is 0 Å². The summed E-state index contributed by atoms with van der Waals surface area (Å²) in [4.78, 5) is 0. The quantitative estimate of drug-likeness (QED) is 0.104. The van der Waals surface area contributed by atoms with Crippen molar-refractivity contribution in [2.45, 2.75) is 30.5 Å². The average Bonchev–Trinajstić information content (AvgIpc) is 3.07. The molecule has 0 radical (unpaired) electrons. The molecule has 15 nitrogen and oxygen atoms in total. The first-order chi connectivity index (χ1) is 23.1. The van der Waals surface area contributed by atoms with Crippen LogP contribution in [0.5, 0.6) is 11.5 Å². The van der Waals surface area contributed by atoms with Crippen molar-refractivity contribution >= 4 is 0 Å². The van der Waals surface area contributed by atoms with E-state index in [4.69, 9.17) is 34.6 Å². The largest absolute Gasteiger partial charge is 0.553 e. The summed E-state index contributed by atoms with van der Waals surface area (Å²) in [6.07, 6.45) is -3.87. The van der Waals surface area contributed by atoms with E-state index in [9.17, 15) is 20.4 Å². The van der Waals surface area contributed by atoms with Gasteiger partial charge < -0.3 is 63.4 Å². The van der Waals surface area contributed by atoms with Crippen LogP contribution in [0.1, 0.15) is 11.1 Å². The van der Waals surface area contributed by atoms with E-state index >= 15 is 0 Å². The summed E-state index contributed by atoms with van der Waals surface area (Å²) in [5.74, 6) is 0.832. The molecule has 4 atom stereocenters. The number of nitrogens with zero attached hydrogens (tertiary/aromatic N) is 2. The molecule has 0 heterocycles. The zero-order chi connectivity index (χ0) is 36.0. The van der Waals surface area contributed by atoms with Gasteiger partial charge in [-0.05, 0) is 24.3 Å². The molecule has 0 aliphatic heterocycles. The molecule has 0 saturated carbocycles. The number of para-hydroxylation sites is 2. The van der Waals surface area contributed by atoms with E-state index in [1.807, 2.05) is 12.1 Å². The van der Waals surface area contributed by atoms with Crippen molar-refractivity contribution in [3.05, 3.63) is 88.1 Å². The molecular formula is C33H46N2O13Rf2-4. The molecule has 0 amide bonds. The smallest absolute Gasteiger partial charge is 0.137 e. The Bertz CT molecular complexity index is 1070. The maximum absolute atomic E-state index is 9.66. The molecule has 0 bridgehead atoms. The van der Waals surface area contributed by atoms with E-state index < -0.39 is 30.5 Å². The fourth-order valence-corrected chi connectivity index (χ4v) is 3.21. The van der Waals surface area contributed by atoms with Crippen LogP contribution in [0.3, 0.4) is 0 Å². The number of benzene rings is 2. The minimum absolute atomic E-state index is 0. The first-order valence-electron chi connectivity index (χ1n) is 14.4. The second-order valence-corrected chi connectivity index (χ2v) is 9.67. The summed E-state index contributed by atoms with van der Waals surface area (Å²) < 4.78 is 38.6. The molecule has 2 aromatic rings. The van der Waals surface area contributed by atoms with Gasteiger partial charge in [0.2, 0.25) is 0 Å². The molecule has 0 aromatic heterocycles. The van der Waals surface area contributed by atoms with Gasteiger partial charge in [0, 0.05) is 26.4 Å². The van der Waals surface area contributed by atoms with E-state index in [0.717, 1.165) is 0 Å². The first kappa shape index (κ1) is 49.0. The Morgan fingerprint density at radius 1 is 0.460 bits per heavy atom. The van der Waals surface area contributed by atoms with Crippen molar-refractivity contribution in [3.63, 3.8) is 0 Å². The number of aliphatic hydroxyl groups excluding tert-OH is 5. The number of hydrogen-bond acceptors (Lipinski definition) is 15. The Kier molecular flexibility index (Phi) is 31.5. The van der Waals surface area contributed by atoms with Crippen LogP contribution in [0.4, 0.5) is 0 Å². The Morgan fingerprint density at radius 3 is 1.00 bits per heavy atom. The maximum atomic E-state index is 9.66. The minimum Gasteiger partial charge on any atom is -0.553 e. The van der Waals surface area contributed by atoms with Gasteiger partial charge in [-0.2, -0.15) is 10.5 Å². The number of nitriles is 2. The average molecular weight is 1210 g/mol. The zero-order valence-corrected chi connectivity index (χ0v) is 41.0. The van der Waals surface area contributed by atoms with Crippen LogP contribution < -0.4 is 9.47 Å². The van der Waals surface area contributed by atoms with Crippen molar-refractivity contribution in [2.75, 3.05) is 66.1 Å². The van der Waals surface area contributed by atoms with Crippen molar-refractivity contribution in [2.24, 2.45) is 0 Å². The molecule has 0 aliphatic rings. The van der Waals surface area contributed by atoms with Gasteiger partial charge in [0.25, 0.3) is 0 Å². The second-order valence-electron chi connectivity index (χ2n) is 9.67. The number of ether oxygens (including phenoxy) is 8. The van der Waals surface area contributed by atoms with Gasteiger partial charge in [0.15, 0.2) is 0 Å². The molecule has 5 N–H and O–H groups in total. The number of rotatable bonds is 22. The molecule has 0 saturated heterocycles. The van der Waals surface area contributed by atoms with Crippen LogP contribution in [0.2, 0.25) is 0 Å². The van der Waals surface area contributed by atoms with Crippen molar-refractivity contribution in [3.8, 4) is 23.6 Å². The predicted octanol–water partition coefficient (Wildman–Crippen LogP) is 0.931. The summed E-state index contributed by atoms with van der Waals surface area (Å²) in [5.41, 5.74) is 0.812. The van der Waals surface area contributed by atoms with Gasteiger partial charge in [-0.3, -0.25) is 0 Å². The summed E-state index contributed by atoms with van der Waals surface area (Å²) in [7, 11) is 12.4. The molecule has 0 aliphatic carbocycles. The molecule has 2 aromatic carbocycles. The molecule has 50 heavy (non-hydrogen) atoms. The van der Waals surface area contributed by atoms with Crippen LogP contribution in [0.25, 0.3) is 0 Å². The summed E-state index contributed by atoms with van der Waals surface area (Å²) in [5, 5.41) is 64.4. The molecule has 17 heteroatoms. The summed E-state index contributed by atoms with van der Waals surface area (Å²) >= 11 is 0. The van der Waals surface area contributed by atoms with Gasteiger partial charge in [-0.1, -0.05) is 24.3 Å². The summed E-state index contributed by atoms with van der Waals surface area (Å²) in [6.45, 7) is 0.644. The monoisotopic (exact) mass is 1210 g/mol. The fourth-order valence-electron chi connectivity index (χ4n) is 3.21. The van der Waals surface area contributed by atoms with Gasteiger partial charge in [0.05, 0.1) is 55.9 Å². The normalized spacial score (nSPS) is 12.5. The van der Waals surface area contributed by atoms with Gasteiger partial charge in [0.1, 0.15) is 49.1 Å². The maximum Gasteiger partial charge on any atom is 0.137 e. The van der Waals surface area contributed by atoms with Crippen LogP contribution >= 0.6 is 0 Å². The van der Waals surface area contributed by atoms with Gasteiger partial charge >= 0.3 is 0 Å². The van der Waals surface area contributed by atoms with Gasteiger partial charge in [-0.15, -0.1) is 0 Å². The zero-order valence-electron chi connectivity index (χ0n) is 28.2. The van der Waals surface area contributed by atoms with E-state index in [-0.39, 0.29) is 66.1 Å². The Balaban J connectivity index is -0.000000705. The second kappa shape index (κ2) is 32.1. The minimum atomic E-state index is -0.852. The topological polar surface area (TPSA) is 223 Å². The summed E-state index contributed by atoms with van der Waals surface area (Å²) in [6, 6.07) is 17.5. The van der Waals surface area contributed by atoms with Crippen LogP contribution in [0.15, 0.2) is 48.5 Å². The molecule has 4 unspecified atom stereocenters. The third-order valence-corrected chi connectivity index (χ3v) is 5.36. The molecule has 274 valence electrons. The van der Waals surface area contributed by atoms with Gasteiger partial charge in [-0.25, -0.2) is 28.4 Å².